The quantitative estimate of drug-likeness (QED) is 0.789. The Morgan fingerprint density at radius 2 is 2.27 bits per heavy atom. The Morgan fingerprint density at radius 1 is 1.46 bits per heavy atom. The molecule has 0 spiro atoms. The summed E-state index contributed by atoms with van der Waals surface area (Å²) in [6, 6.07) is 7.72. The number of carbonyl (C=O) groups is 1. The number of nitrogens with zero attached hydrogens (tertiary/aromatic N) is 2. The molecule has 140 valence electrons. The summed E-state index contributed by atoms with van der Waals surface area (Å²) in [5, 5.41) is 0.712. The van der Waals surface area contributed by atoms with Crippen LogP contribution in [0.4, 0.5) is 0 Å². The van der Waals surface area contributed by atoms with Gasteiger partial charge in [-0.25, -0.2) is 4.98 Å². The molecular formula is C20H25ClN2O3. The molecular weight excluding hydrogens is 352 g/mol. The summed E-state index contributed by atoms with van der Waals surface area (Å²) in [5.74, 6) is 1.64. The van der Waals surface area contributed by atoms with Crippen molar-refractivity contribution in [3.8, 4) is 0 Å². The number of hydrogen-bond donors (Lipinski definition) is 0. The minimum Gasteiger partial charge on any atom is -0.445 e. The Kier molecular flexibility index (Phi) is 5.68. The molecule has 1 saturated heterocycles. The van der Waals surface area contributed by atoms with Gasteiger partial charge in [0.25, 0.3) is 5.91 Å². The van der Waals surface area contributed by atoms with Crippen molar-refractivity contribution in [2.24, 2.45) is 0 Å². The van der Waals surface area contributed by atoms with Crippen molar-refractivity contribution in [2.45, 2.75) is 44.6 Å². The molecule has 5 nitrogen and oxygen atoms in total. The van der Waals surface area contributed by atoms with Crippen molar-refractivity contribution < 1.29 is 13.9 Å². The number of oxazole rings is 1. The van der Waals surface area contributed by atoms with E-state index in [1.54, 1.807) is 27.2 Å². The fourth-order valence-electron chi connectivity index (χ4n) is 3.27. The molecule has 26 heavy (non-hydrogen) atoms. The van der Waals surface area contributed by atoms with Crippen molar-refractivity contribution in [3.63, 3.8) is 0 Å². The van der Waals surface area contributed by atoms with E-state index < -0.39 is 5.60 Å². The monoisotopic (exact) mass is 376 g/mol. The van der Waals surface area contributed by atoms with Crippen LogP contribution in [0.1, 0.15) is 49.8 Å². The number of likely N-dealkylation sites (tertiary alicyclic amines) is 1. The summed E-state index contributed by atoms with van der Waals surface area (Å²) in [6.45, 7) is 4.96. The Bertz CT molecular complexity index is 772. The van der Waals surface area contributed by atoms with E-state index in [4.69, 9.17) is 20.8 Å². The summed E-state index contributed by atoms with van der Waals surface area (Å²) < 4.78 is 11.3. The standard InChI is InChI=1S/C20H25ClN2O3/c1-20(2,25-3)19(24)23-9-5-7-15(13-23)18-22-12-17(26-18)11-14-6-4-8-16(21)10-14/h4,6,8,10,12,15H,5,7,9,11,13H2,1-3H3/t15-/m1/s1. The van der Waals surface area contributed by atoms with Gasteiger partial charge in [-0.05, 0) is 44.4 Å². The molecule has 0 N–H and O–H groups in total. The summed E-state index contributed by atoms with van der Waals surface area (Å²) in [5.41, 5.74) is 0.276. The average Bonchev–Trinajstić information content (AvgIpc) is 3.09. The van der Waals surface area contributed by atoms with Crippen LogP contribution in [-0.2, 0) is 16.0 Å². The molecule has 0 radical (unpaired) electrons. The summed E-state index contributed by atoms with van der Waals surface area (Å²) in [6.07, 6.45) is 4.33. The Morgan fingerprint density at radius 3 is 3.00 bits per heavy atom. The predicted octanol–water partition coefficient (Wildman–Crippen LogP) is 4.05. The lowest BCUT2D eigenvalue weighted by Crippen LogP contribution is -2.49. The van der Waals surface area contributed by atoms with Gasteiger partial charge in [0.1, 0.15) is 11.4 Å². The fourth-order valence-corrected chi connectivity index (χ4v) is 3.49. The highest BCUT2D eigenvalue weighted by atomic mass is 35.5. The number of amides is 1. The molecule has 2 aromatic rings. The first-order valence-corrected chi connectivity index (χ1v) is 9.30. The van der Waals surface area contributed by atoms with Crippen LogP contribution < -0.4 is 0 Å². The molecule has 1 atom stereocenters. The van der Waals surface area contributed by atoms with E-state index in [0.717, 1.165) is 30.7 Å². The van der Waals surface area contributed by atoms with Crippen LogP contribution in [0.3, 0.4) is 0 Å². The van der Waals surface area contributed by atoms with Gasteiger partial charge in [0.15, 0.2) is 5.89 Å². The fraction of sp³-hybridized carbons (Fsp3) is 0.500. The molecule has 1 aliphatic rings. The van der Waals surface area contributed by atoms with Crippen LogP contribution in [0.5, 0.6) is 0 Å². The molecule has 1 amide bonds. The van der Waals surface area contributed by atoms with E-state index in [-0.39, 0.29) is 11.8 Å². The van der Waals surface area contributed by atoms with Crippen molar-refractivity contribution in [3.05, 3.63) is 52.7 Å². The third-order valence-electron chi connectivity index (χ3n) is 4.92. The van der Waals surface area contributed by atoms with Crippen molar-refractivity contribution in [2.75, 3.05) is 20.2 Å². The number of ether oxygens (including phenoxy) is 1. The molecule has 3 rings (SSSR count). The smallest absolute Gasteiger partial charge is 0.254 e. The maximum atomic E-state index is 12.6. The number of hydrogen-bond acceptors (Lipinski definition) is 4. The molecule has 1 aromatic heterocycles. The topological polar surface area (TPSA) is 55.6 Å². The van der Waals surface area contributed by atoms with E-state index in [1.807, 2.05) is 29.2 Å². The number of halogens is 1. The van der Waals surface area contributed by atoms with E-state index in [9.17, 15) is 4.79 Å². The van der Waals surface area contributed by atoms with Gasteiger partial charge in [-0.2, -0.15) is 0 Å². The zero-order valence-corrected chi connectivity index (χ0v) is 16.3. The van der Waals surface area contributed by atoms with Crippen LogP contribution in [0, 0.1) is 0 Å². The van der Waals surface area contributed by atoms with E-state index >= 15 is 0 Å². The molecule has 1 aliphatic heterocycles. The first-order valence-electron chi connectivity index (χ1n) is 8.92. The highest BCUT2D eigenvalue weighted by Gasteiger charge is 2.35. The summed E-state index contributed by atoms with van der Waals surface area (Å²) in [4.78, 5) is 19.0. The number of methoxy groups -OCH3 is 1. The molecule has 0 aliphatic carbocycles. The number of piperidine rings is 1. The first-order chi connectivity index (χ1) is 12.4. The Labute approximate surface area is 159 Å². The largest absolute Gasteiger partial charge is 0.445 e. The van der Waals surface area contributed by atoms with Gasteiger partial charge in [0.05, 0.1) is 12.1 Å². The Balaban J connectivity index is 1.68. The molecule has 1 aromatic carbocycles. The van der Waals surface area contributed by atoms with Crippen molar-refractivity contribution in [1.29, 1.82) is 0 Å². The highest BCUT2D eigenvalue weighted by molar-refractivity contribution is 6.30. The lowest BCUT2D eigenvalue weighted by atomic mass is 9.96. The maximum absolute atomic E-state index is 12.6. The Hall–Kier alpha value is -1.85. The molecule has 0 bridgehead atoms. The van der Waals surface area contributed by atoms with Gasteiger partial charge in [0.2, 0.25) is 0 Å². The van der Waals surface area contributed by atoms with Crippen LogP contribution in [-0.4, -0.2) is 41.6 Å². The third-order valence-corrected chi connectivity index (χ3v) is 5.16. The van der Waals surface area contributed by atoms with E-state index in [1.165, 1.54) is 0 Å². The average molecular weight is 377 g/mol. The highest BCUT2D eigenvalue weighted by Crippen LogP contribution is 2.29. The van der Waals surface area contributed by atoms with E-state index in [0.29, 0.717) is 23.9 Å². The number of aromatic nitrogens is 1. The number of rotatable bonds is 5. The third kappa shape index (κ3) is 4.27. The SMILES string of the molecule is COC(C)(C)C(=O)N1CCC[C@@H](c2ncc(Cc3cccc(Cl)c3)o2)C1. The molecule has 1 fully saturated rings. The zero-order chi connectivity index (χ0) is 18.7. The van der Waals surface area contributed by atoms with E-state index in [2.05, 4.69) is 4.98 Å². The van der Waals surface area contributed by atoms with Gasteiger partial charge < -0.3 is 14.1 Å². The van der Waals surface area contributed by atoms with Gasteiger partial charge >= 0.3 is 0 Å². The number of carbonyl (C=O) groups excluding carboxylic acids is 1. The van der Waals surface area contributed by atoms with Gasteiger partial charge in [-0.15, -0.1) is 0 Å². The normalized spacial score (nSPS) is 18.2. The molecule has 0 unspecified atom stereocenters. The predicted molar refractivity (Wildman–Crippen MR) is 100 cm³/mol. The summed E-state index contributed by atoms with van der Waals surface area (Å²) >= 11 is 6.04. The lowest BCUT2D eigenvalue weighted by molar-refractivity contribution is -0.152. The summed E-state index contributed by atoms with van der Waals surface area (Å²) in [7, 11) is 1.57. The second kappa shape index (κ2) is 7.80. The lowest BCUT2D eigenvalue weighted by Gasteiger charge is -2.36. The second-order valence-electron chi connectivity index (χ2n) is 7.28. The first kappa shape index (κ1) is 18.9. The van der Waals surface area contributed by atoms with Gasteiger partial charge in [-0.3, -0.25) is 4.79 Å². The molecule has 0 saturated carbocycles. The van der Waals surface area contributed by atoms with Gasteiger partial charge in [-0.1, -0.05) is 23.7 Å². The molecule has 6 heteroatoms. The zero-order valence-electron chi connectivity index (χ0n) is 15.5. The number of benzene rings is 1. The van der Waals surface area contributed by atoms with Crippen LogP contribution in [0.15, 0.2) is 34.9 Å². The second-order valence-corrected chi connectivity index (χ2v) is 7.71. The van der Waals surface area contributed by atoms with Crippen molar-refractivity contribution >= 4 is 17.5 Å². The molecule has 2 heterocycles. The minimum absolute atomic E-state index is 0.00964. The van der Waals surface area contributed by atoms with Crippen LogP contribution in [0.25, 0.3) is 0 Å². The van der Waals surface area contributed by atoms with Crippen LogP contribution >= 0.6 is 11.6 Å². The maximum Gasteiger partial charge on any atom is 0.254 e. The van der Waals surface area contributed by atoms with Gasteiger partial charge in [0, 0.05) is 31.6 Å². The minimum atomic E-state index is -0.809. The van der Waals surface area contributed by atoms with Crippen molar-refractivity contribution in [1.82, 2.24) is 9.88 Å². The van der Waals surface area contributed by atoms with Crippen LogP contribution in [0.2, 0.25) is 5.02 Å².